The van der Waals surface area contributed by atoms with Gasteiger partial charge < -0.3 is 10.4 Å². The molecule has 0 radical (unpaired) electrons. The van der Waals surface area contributed by atoms with Gasteiger partial charge in [0, 0.05) is 25.3 Å². The number of benzene rings is 1. The van der Waals surface area contributed by atoms with E-state index in [1.807, 2.05) is 0 Å². The van der Waals surface area contributed by atoms with Gasteiger partial charge in [-0.2, -0.15) is 4.31 Å². The molecule has 1 aromatic carbocycles. The maximum atomic E-state index is 13.6. The molecule has 0 unspecified atom stereocenters. The van der Waals surface area contributed by atoms with Gasteiger partial charge in [0.05, 0.1) is 24.4 Å². The van der Waals surface area contributed by atoms with Crippen LogP contribution in [0.4, 0.5) is 10.1 Å². The molecule has 2 atom stereocenters. The van der Waals surface area contributed by atoms with Crippen molar-refractivity contribution in [1.29, 1.82) is 0 Å². The van der Waals surface area contributed by atoms with E-state index in [1.165, 1.54) is 16.6 Å². The lowest BCUT2D eigenvalue weighted by Crippen LogP contribution is -2.63. The van der Waals surface area contributed by atoms with Crippen molar-refractivity contribution in [1.82, 2.24) is 9.21 Å². The fourth-order valence-corrected chi connectivity index (χ4v) is 5.62. The number of β-amino-alcohol motifs (C(OH)–C–C–N with tert-alkyl or cyclic N) is 1. The maximum absolute atomic E-state index is 13.6. The lowest BCUT2D eigenvalue weighted by Gasteiger charge is -2.47. The number of anilines is 1. The summed E-state index contributed by atoms with van der Waals surface area (Å²) in [7, 11) is -3.39. The summed E-state index contributed by atoms with van der Waals surface area (Å²) in [4.78, 5) is 14.1. The summed E-state index contributed by atoms with van der Waals surface area (Å²) in [6.45, 7) is 2.87. The van der Waals surface area contributed by atoms with Crippen molar-refractivity contribution in [2.24, 2.45) is 0 Å². The second-order valence-corrected chi connectivity index (χ2v) is 9.46. The fraction of sp³-hybridized carbons (Fsp3) is 0.611. The van der Waals surface area contributed by atoms with Gasteiger partial charge in [-0.25, -0.2) is 12.8 Å². The molecule has 2 N–H and O–H groups in total. The lowest BCUT2D eigenvalue weighted by atomic mass is 9.83. The van der Waals surface area contributed by atoms with Crippen molar-refractivity contribution in [2.75, 3.05) is 37.8 Å². The van der Waals surface area contributed by atoms with E-state index in [0.29, 0.717) is 37.2 Å². The van der Waals surface area contributed by atoms with Gasteiger partial charge in [-0.15, -0.1) is 0 Å². The number of nitrogens with one attached hydrogen (secondary N) is 1. The third-order valence-electron chi connectivity index (χ3n) is 5.60. The molecule has 9 heteroatoms. The normalized spacial score (nSPS) is 27.2. The van der Waals surface area contributed by atoms with Crippen LogP contribution in [0.5, 0.6) is 0 Å². The summed E-state index contributed by atoms with van der Waals surface area (Å²) < 4.78 is 39.2. The minimum atomic E-state index is -3.39. The number of halogens is 1. The zero-order valence-corrected chi connectivity index (χ0v) is 16.4. The average Bonchev–Trinajstić information content (AvgIpc) is 3.00. The standard InChI is InChI=1S/C18H26FN3O4S/c1-13-4-5-14(10-15(13)19)20-17(24)12-21-9-7-18(16(23)11-21)6-3-8-22(18)27(2,25)26/h4-5,10,16,23H,3,6-9,11-12H2,1-2H3,(H,20,24)/t16-,18-/m0/s1. The van der Waals surface area contributed by atoms with Crippen LogP contribution in [0, 0.1) is 12.7 Å². The van der Waals surface area contributed by atoms with Crippen molar-refractivity contribution in [3.8, 4) is 0 Å². The van der Waals surface area contributed by atoms with Crippen molar-refractivity contribution in [3.05, 3.63) is 29.6 Å². The molecule has 2 fully saturated rings. The number of aliphatic hydroxyl groups is 1. The minimum Gasteiger partial charge on any atom is -0.390 e. The number of aryl methyl sites for hydroxylation is 1. The van der Waals surface area contributed by atoms with Crippen molar-refractivity contribution < 1.29 is 22.7 Å². The Kier molecular flexibility index (Phi) is 5.58. The van der Waals surface area contributed by atoms with Gasteiger partial charge in [-0.3, -0.25) is 9.69 Å². The second kappa shape index (κ2) is 7.46. The molecule has 1 amide bonds. The summed E-state index contributed by atoms with van der Waals surface area (Å²) in [5.41, 5.74) is 0.126. The summed E-state index contributed by atoms with van der Waals surface area (Å²) in [5, 5.41) is 13.4. The highest BCUT2D eigenvalue weighted by molar-refractivity contribution is 7.88. The first-order valence-electron chi connectivity index (χ1n) is 9.06. The first-order chi connectivity index (χ1) is 12.6. The third kappa shape index (κ3) is 4.16. The summed E-state index contributed by atoms with van der Waals surface area (Å²) in [6.07, 6.45) is 2.15. The monoisotopic (exact) mass is 399 g/mol. The molecular weight excluding hydrogens is 373 g/mol. The molecule has 2 saturated heterocycles. The topological polar surface area (TPSA) is 90.0 Å². The van der Waals surface area contributed by atoms with Gasteiger partial charge in [0.25, 0.3) is 0 Å². The van der Waals surface area contributed by atoms with E-state index in [1.54, 1.807) is 24.0 Å². The van der Waals surface area contributed by atoms with Crippen LogP contribution in [0.15, 0.2) is 18.2 Å². The zero-order chi connectivity index (χ0) is 19.8. The molecule has 0 bridgehead atoms. The highest BCUT2D eigenvalue weighted by atomic mass is 32.2. The number of carbonyl (C=O) groups excluding carboxylic acids is 1. The van der Waals surface area contributed by atoms with E-state index in [9.17, 15) is 22.7 Å². The quantitative estimate of drug-likeness (QED) is 0.786. The molecule has 27 heavy (non-hydrogen) atoms. The van der Waals surface area contributed by atoms with Gasteiger partial charge in [-0.1, -0.05) is 6.07 Å². The molecule has 0 aliphatic carbocycles. The number of piperidine rings is 1. The number of amides is 1. The molecule has 1 spiro atoms. The number of aliphatic hydroxyl groups excluding tert-OH is 1. The van der Waals surface area contributed by atoms with Crippen LogP contribution in [0.1, 0.15) is 24.8 Å². The van der Waals surface area contributed by atoms with E-state index in [0.717, 1.165) is 6.42 Å². The number of likely N-dealkylation sites (tertiary alicyclic amines) is 1. The fourth-order valence-electron chi connectivity index (χ4n) is 4.20. The Bertz CT molecular complexity index is 832. The SMILES string of the molecule is Cc1ccc(NC(=O)CN2CC[C@@]3(CCCN3S(C)(=O)=O)[C@@H](O)C2)cc1F. The van der Waals surface area contributed by atoms with Gasteiger partial charge in [-0.05, 0) is 43.9 Å². The molecule has 3 rings (SSSR count). The van der Waals surface area contributed by atoms with Crippen LogP contribution in [0.3, 0.4) is 0 Å². The largest absolute Gasteiger partial charge is 0.390 e. The van der Waals surface area contributed by atoms with E-state index >= 15 is 0 Å². The Morgan fingerprint density at radius 1 is 1.37 bits per heavy atom. The Labute approximate surface area is 159 Å². The van der Waals surface area contributed by atoms with Crippen LogP contribution >= 0.6 is 0 Å². The van der Waals surface area contributed by atoms with Crippen LogP contribution in [-0.2, 0) is 14.8 Å². The zero-order valence-electron chi connectivity index (χ0n) is 15.6. The van der Waals surface area contributed by atoms with Gasteiger partial charge in [0.15, 0.2) is 0 Å². The minimum absolute atomic E-state index is 0.0571. The molecule has 7 nitrogen and oxygen atoms in total. The van der Waals surface area contributed by atoms with Crippen molar-refractivity contribution >= 4 is 21.6 Å². The first kappa shape index (κ1) is 20.2. The van der Waals surface area contributed by atoms with Crippen LogP contribution in [0.25, 0.3) is 0 Å². The van der Waals surface area contributed by atoms with Crippen molar-refractivity contribution in [3.63, 3.8) is 0 Å². The summed E-state index contributed by atoms with van der Waals surface area (Å²) in [6, 6.07) is 4.51. The summed E-state index contributed by atoms with van der Waals surface area (Å²) >= 11 is 0. The summed E-state index contributed by atoms with van der Waals surface area (Å²) in [5.74, 6) is -0.682. The Balaban J connectivity index is 1.61. The molecule has 1 aromatic rings. The lowest BCUT2D eigenvalue weighted by molar-refractivity contribution is -0.119. The molecule has 2 aliphatic heterocycles. The highest BCUT2D eigenvalue weighted by Crippen LogP contribution is 2.40. The van der Waals surface area contributed by atoms with Gasteiger partial charge in [0.1, 0.15) is 5.82 Å². The van der Waals surface area contributed by atoms with E-state index in [-0.39, 0.29) is 24.8 Å². The Morgan fingerprint density at radius 3 is 2.74 bits per heavy atom. The number of hydrogen-bond donors (Lipinski definition) is 2. The molecule has 2 aliphatic rings. The second-order valence-electron chi connectivity index (χ2n) is 7.56. The third-order valence-corrected chi connectivity index (χ3v) is 6.95. The number of rotatable bonds is 4. The first-order valence-corrected chi connectivity index (χ1v) is 10.9. The van der Waals surface area contributed by atoms with Crippen molar-refractivity contribution in [2.45, 2.75) is 37.8 Å². The van der Waals surface area contributed by atoms with Crippen LogP contribution < -0.4 is 5.32 Å². The highest BCUT2D eigenvalue weighted by Gasteiger charge is 2.52. The molecule has 0 saturated carbocycles. The van der Waals surface area contributed by atoms with E-state index in [4.69, 9.17) is 0 Å². The number of nitrogens with zero attached hydrogens (tertiary/aromatic N) is 2. The molecule has 2 heterocycles. The average molecular weight is 399 g/mol. The van der Waals surface area contributed by atoms with Crippen LogP contribution in [0.2, 0.25) is 0 Å². The van der Waals surface area contributed by atoms with Gasteiger partial charge in [0.2, 0.25) is 15.9 Å². The molecular formula is C18H26FN3O4S. The maximum Gasteiger partial charge on any atom is 0.238 e. The van der Waals surface area contributed by atoms with E-state index in [2.05, 4.69) is 5.32 Å². The predicted molar refractivity (Wildman–Crippen MR) is 100 cm³/mol. The predicted octanol–water partition coefficient (Wildman–Crippen LogP) is 0.933. The number of hydrogen-bond acceptors (Lipinski definition) is 5. The number of carbonyl (C=O) groups is 1. The molecule has 150 valence electrons. The smallest absolute Gasteiger partial charge is 0.238 e. The Morgan fingerprint density at radius 2 is 2.11 bits per heavy atom. The molecule has 0 aromatic heterocycles. The van der Waals surface area contributed by atoms with E-state index < -0.39 is 21.7 Å². The Hall–Kier alpha value is -1.55. The van der Waals surface area contributed by atoms with Crippen LogP contribution in [-0.4, -0.2) is 72.7 Å². The number of sulfonamides is 1. The van der Waals surface area contributed by atoms with Gasteiger partial charge >= 0.3 is 0 Å².